The fourth-order valence-corrected chi connectivity index (χ4v) is 7.94. The zero-order valence-electron chi connectivity index (χ0n) is 15.9. The summed E-state index contributed by atoms with van der Waals surface area (Å²) in [7, 11) is 0. The van der Waals surface area contributed by atoms with Crippen molar-refractivity contribution in [2.24, 2.45) is 40.4 Å². The molecule has 3 N–H and O–H groups in total. The van der Waals surface area contributed by atoms with E-state index in [0.717, 1.165) is 38.5 Å². The molecule has 4 aliphatic carbocycles. The normalized spacial score (nSPS) is 53.3. The van der Waals surface area contributed by atoms with Gasteiger partial charge in [0.15, 0.2) is 0 Å². The summed E-state index contributed by atoms with van der Waals surface area (Å²) >= 11 is 0. The molecule has 0 heterocycles. The van der Waals surface area contributed by atoms with E-state index < -0.39 is 29.2 Å². The van der Waals surface area contributed by atoms with Crippen molar-refractivity contribution in [3.8, 4) is 0 Å². The first-order valence-electron chi connectivity index (χ1n) is 10.3. The van der Waals surface area contributed by atoms with Gasteiger partial charge in [-0.25, -0.2) is 4.79 Å². The van der Waals surface area contributed by atoms with Gasteiger partial charge in [0, 0.05) is 5.92 Å². The monoisotopic (exact) mass is 364 g/mol. The Balaban J connectivity index is 1.65. The zero-order chi connectivity index (χ0) is 18.9. The van der Waals surface area contributed by atoms with Crippen molar-refractivity contribution in [3.63, 3.8) is 0 Å². The summed E-state index contributed by atoms with van der Waals surface area (Å²) in [4.78, 5) is 23.6. The van der Waals surface area contributed by atoms with E-state index in [0.29, 0.717) is 30.6 Å². The Bertz CT molecular complexity index is 618. The van der Waals surface area contributed by atoms with E-state index in [1.165, 1.54) is 0 Å². The van der Waals surface area contributed by atoms with Crippen LogP contribution in [0.3, 0.4) is 0 Å². The van der Waals surface area contributed by atoms with E-state index in [-0.39, 0.29) is 17.4 Å². The lowest BCUT2D eigenvalue weighted by Gasteiger charge is -2.62. The first kappa shape index (κ1) is 18.4. The fraction of sp³-hybridized carbons (Fsp3) is 0.905. The molecule has 0 aliphatic heterocycles. The molecular formula is C21H32O5. The van der Waals surface area contributed by atoms with Gasteiger partial charge in [-0.05, 0) is 85.9 Å². The molecule has 4 fully saturated rings. The van der Waals surface area contributed by atoms with Gasteiger partial charge in [-0.2, -0.15) is 0 Å². The minimum absolute atomic E-state index is 0.0534. The molecule has 0 amide bonds. The van der Waals surface area contributed by atoms with E-state index in [9.17, 15) is 24.9 Å². The predicted molar refractivity (Wildman–Crippen MR) is 95.3 cm³/mol. The summed E-state index contributed by atoms with van der Waals surface area (Å²) in [5.74, 6) is -1.08. The lowest BCUT2D eigenvalue weighted by molar-refractivity contribution is -0.180. The Morgan fingerprint density at radius 3 is 2.38 bits per heavy atom. The Hall–Kier alpha value is -0.940. The van der Waals surface area contributed by atoms with E-state index in [2.05, 4.69) is 13.8 Å². The van der Waals surface area contributed by atoms with Crippen LogP contribution in [0.4, 0.5) is 0 Å². The van der Waals surface area contributed by atoms with Crippen LogP contribution in [0, 0.1) is 40.4 Å². The number of hydrogen-bond acceptors (Lipinski definition) is 4. The summed E-state index contributed by atoms with van der Waals surface area (Å²) in [6.45, 7) is 4.36. The highest BCUT2D eigenvalue weighted by Gasteiger charge is 2.64. The molecule has 0 aromatic carbocycles. The molecule has 146 valence electrons. The van der Waals surface area contributed by atoms with Crippen LogP contribution in [0.2, 0.25) is 0 Å². The van der Waals surface area contributed by atoms with Gasteiger partial charge >= 0.3 is 5.97 Å². The molecule has 4 rings (SSSR count). The van der Waals surface area contributed by atoms with Gasteiger partial charge < -0.3 is 15.3 Å². The summed E-state index contributed by atoms with van der Waals surface area (Å²) in [6, 6.07) is 0. The molecular weight excluding hydrogens is 332 g/mol. The predicted octanol–water partition coefficient (Wildman–Crippen LogP) is 2.63. The van der Waals surface area contributed by atoms with E-state index >= 15 is 0 Å². The Morgan fingerprint density at radius 2 is 1.69 bits per heavy atom. The number of hydrogen-bond donors (Lipinski definition) is 3. The molecule has 0 saturated heterocycles. The molecule has 5 heteroatoms. The number of rotatable bonds is 2. The molecule has 0 spiro atoms. The number of carboxylic acid groups (broad SMARTS) is 1. The van der Waals surface area contributed by atoms with Crippen molar-refractivity contribution in [3.05, 3.63) is 0 Å². The highest BCUT2D eigenvalue weighted by molar-refractivity contribution is 6.33. The van der Waals surface area contributed by atoms with Crippen LogP contribution in [0.5, 0.6) is 0 Å². The minimum Gasteiger partial charge on any atom is -0.475 e. The highest BCUT2D eigenvalue weighted by Crippen LogP contribution is 2.67. The van der Waals surface area contributed by atoms with Gasteiger partial charge in [0.25, 0.3) is 0 Å². The van der Waals surface area contributed by atoms with Gasteiger partial charge in [-0.3, -0.25) is 4.79 Å². The largest absolute Gasteiger partial charge is 0.475 e. The van der Waals surface area contributed by atoms with Crippen molar-refractivity contribution < 1.29 is 24.9 Å². The molecule has 3 unspecified atom stereocenters. The lowest BCUT2D eigenvalue weighted by atomic mass is 9.44. The van der Waals surface area contributed by atoms with Crippen LogP contribution in [0.1, 0.15) is 65.2 Å². The second-order valence-electron chi connectivity index (χ2n) is 10.1. The number of fused-ring (bicyclic) bond motifs is 5. The van der Waals surface area contributed by atoms with Crippen LogP contribution in [-0.4, -0.2) is 39.3 Å². The zero-order valence-corrected chi connectivity index (χ0v) is 15.9. The minimum atomic E-state index is -1.33. The third-order valence-corrected chi connectivity index (χ3v) is 9.09. The third-order valence-electron chi connectivity index (χ3n) is 9.09. The molecule has 0 radical (unpaired) electrons. The highest BCUT2D eigenvalue weighted by atomic mass is 16.4. The number of Topliss-reactive ketones (excluding diaryl/α,β-unsaturated/α-hetero) is 1. The molecule has 5 nitrogen and oxygen atoms in total. The first-order chi connectivity index (χ1) is 12.2. The lowest BCUT2D eigenvalue weighted by Crippen LogP contribution is -2.59. The topological polar surface area (TPSA) is 94.8 Å². The van der Waals surface area contributed by atoms with E-state index in [1.54, 1.807) is 0 Å². The van der Waals surface area contributed by atoms with Crippen LogP contribution in [0.15, 0.2) is 0 Å². The molecule has 4 aliphatic rings. The first-order valence-corrected chi connectivity index (χ1v) is 10.3. The maximum atomic E-state index is 12.3. The van der Waals surface area contributed by atoms with Gasteiger partial charge in [-0.1, -0.05) is 13.8 Å². The second kappa shape index (κ2) is 6.03. The summed E-state index contributed by atoms with van der Waals surface area (Å²) in [5.41, 5.74) is -0.342. The van der Waals surface area contributed by atoms with E-state index in [4.69, 9.17) is 0 Å². The van der Waals surface area contributed by atoms with Crippen molar-refractivity contribution in [1.82, 2.24) is 0 Å². The smallest absolute Gasteiger partial charge is 0.372 e. The quantitative estimate of drug-likeness (QED) is 0.655. The molecule has 4 saturated carbocycles. The van der Waals surface area contributed by atoms with Crippen LogP contribution in [-0.2, 0) is 9.59 Å². The molecule has 9 atom stereocenters. The Kier molecular flexibility index (Phi) is 4.27. The number of aliphatic hydroxyl groups is 2. The van der Waals surface area contributed by atoms with Crippen molar-refractivity contribution in [2.75, 3.05) is 0 Å². The van der Waals surface area contributed by atoms with Crippen molar-refractivity contribution >= 4 is 11.8 Å². The SMILES string of the molecule is C[C@]12C[C@H](O)C3C(CC[C@@H]4C[C@@H](O)CC[C@]34C)C1CC[C@@H]2C(=O)C(=O)O. The number of ketones is 1. The molecule has 26 heavy (non-hydrogen) atoms. The molecule has 0 bridgehead atoms. The van der Waals surface area contributed by atoms with Crippen LogP contribution < -0.4 is 0 Å². The Morgan fingerprint density at radius 1 is 0.962 bits per heavy atom. The maximum absolute atomic E-state index is 12.3. The number of carbonyl (C=O) groups is 2. The average molecular weight is 364 g/mol. The standard InChI is InChI=1S/C21H32O5/c1-20-8-7-12(22)9-11(20)3-4-13-14-5-6-15(18(24)19(25)26)21(14,2)10-16(23)17(13)20/h11-17,22-23H,3-10H2,1-2H3,(H,25,26)/t11-,12+,13?,14?,15-,16+,17?,20+,21+/m1/s1. The van der Waals surface area contributed by atoms with Gasteiger partial charge in [0.2, 0.25) is 5.78 Å². The maximum Gasteiger partial charge on any atom is 0.372 e. The summed E-state index contributed by atoms with van der Waals surface area (Å²) < 4.78 is 0. The number of aliphatic hydroxyl groups excluding tert-OH is 2. The number of carboxylic acids is 1. The fourth-order valence-electron chi connectivity index (χ4n) is 7.94. The summed E-state index contributed by atoms with van der Waals surface area (Å²) in [6.07, 6.45) is 6.10. The van der Waals surface area contributed by atoms with Gasteiger partial charge in [0.1, 0.15) is 0 Å². The van der Waals surface area contributed by atoms with Crippen LogP contribution in [0.25, 0.3) is 0 Å². The Labute approximate surface area is 155 Å². The third kappa shape index (κ3) is 2.42. The van der Waals surface area contributed by atoms with E-state index in [1.807, 2.05) is 0 Å². The summed E-state index contributed by atoms with van der Waals surface area (Å²) in [5, 5.41) is 30.5. The van der Waals surface area contributed by atoms with Crippen molar-refractivity contribution in [2.45, 2.75) is 77.4 Å². The second-order valence-corrected chi connectivity index (χ2v) is 10.1. The number of carbonyl (C=O) groups excluding carboxylic acids is 1. The van der Waals surface area contributed by atoms with Gasteiger partial charge in [0.05, 0.1) is 12.2 Å². The molecule has 0 aromatic heterocycles. The van der Waals surface area contributed by atoms with Crippen molar-refractivity contribution in [1.29, 1.82) is 0 Å². The average Bonchev–Trinajstić information content (AvgIpc) is 2.90. The van der Waals surface area contributed by atoms with Crippen LogP contribution >= 0.6 is 0 Å². The molecule has 0 aromatic rings. The van der Waals surface area contributed by atoms with Gasteiger partial charge in [-0.15, -0.1) is 0 Å². The number of aliphatic carboxylic acids is 1.